The van der Waals surface area contributed by atoms with E-state index in [2.05, 4.69) is 25.4 Å². The Morgan fingerprint density at radius 1 is 0.970 bits per heavy atom. The highest BCUT2D eigenvalue weighted by Crippen LogP contribution is 2.18. The van der Waals surface area contributed by atoms with Crippen molar-refractivity contribution >= 4 is 34.3 Å². The molecule has 0 unspecified atom stereocenters. The third-order valence-corrected chi connectivity index (χ3v) is 5.58. The number of hydrogen-bond donors (Lipinski definition) is 1. The van der Waals surface area contributed by atoms with E-state index in [0.29, 0.717) is 43.4 Å². The Hall–Kier alpha value is -4.27. The van der Waals surface area contributed by atoms with Crippen LogP contribution in [0.1, 0.15) is 15.9 Å². The molecule has 0 saturated carbocycles. The summed E-state index contributed by atoms with van der Waals surface area (Å²) in [4.78, 5) is 33.3. The summed E-state index contributed by atoms with van der Waals surface area (Å²) >= 11 is 0. The number of piperazine rings is 1. The first-order valence-corrected chi connectivity index (χ1v) is 10.7. The molecule has 9 heteroatoms. The number of pyridine rings is 1. The van der Waals surface area contributed by atoms with Crippen LogP contribution in [0.3, 0.4) is 0 Å². The van der Waals surface area contributed by atoms with Crippen LogP contribution in [0, 0.1) is 6.92 Å². The Bertz CT molecular complexity index is 1340. The van der Waals surface area contributed by atoms with Crippen LogP contribution in [0.4, 0.5) is 17.5 Å². The predicted octanol–water partition coefficient (Wildman–Crippen LogP) is 2.99. The van der Waals surface area contributed by atoms with Gasteiger partial charge < -0.3 is 19.5 Å². The van der Waals surface area contributed by atoms with Crippen molar-refractivity contribution in [3.05, 3.63) is 82.3 Å². The molecule has 1 fully saturated rings. The number of fused-ring (bicyclic) bond motifs is 1. The summed E-state index contributed by atoms with van der Waals surface area (Å²) in [5.74, 6) is 1.72. The number of nitrogens with zero attached hydrogens (tertiary/aromatic N) is 5. The Labute approximate surface area is 189 Å². The molecule has 1 saturated heterocycles. The maximum Gasteiger partial charge on any atom is 0.349 e. The minimum Gasteiger partial charge on any atom is -0.422 e. The van der Waals surface area contributed by atoms with Crippen LogP contribution in [-0.2, 0) is 0 Å². The van der Waals surface area contributed by atoms with E-state index in [9.17, 15) is 9.59 Å². The number of amides is 1. The van der Waals surface area contributed by atoms with Gasteiger partial charge in [-0.15, -0.1) is 10.2 Å². The van der Waals surface area contributed by atoms with Gasteiger partial charge in [-0.2, -0.15) is 0 Å². The van der Waals surface area contributed by atoms with Gasteiger partial charge in [0.2, 0.25) is 0 Å². The van der Waals surface area contributed by atoms with Crippen LogP contribution in [0.5, 0.6) is 0 Å². The maximum absolute atomic E-state index is 13.0. The van der Waals surface area contributed by atoms with Gasteiger partial charge in [0, 0.05) is 37.8 Å². The number of anilines is 3. The van der Waals surface area contributed by atoms with Gasteiger partial charge in [-0.05, 0) is 42.8 Å². The third kappa shape index (κ3) is 4.38. The lowest BCUT2D eigenvalue weighted by Crippen LogP contribution is -2.49. The number of carbonyl (C=O) groups excluding carboxylic acids is 1. The molecule has 1 aromatic carbocycles. The highest BCUT2D eigenvalue weighted by molar-refractivity contribution is 5.96. The lowest BCUT2D eigenvalue weighted by Gasteiger charge is -2.35. The maximum atomic E-state index is 13.0. The van der Waals surface area contributed by atoms with Gasteiger partial charge in [0.05, 0.1) is 0 Å². The number of para-hydroxylation sites is 1. The number of aromatic nitrogens is 3. The Kier molecular flexibility index (Phi) is 5.43. The lowest BCUT2D eigenvalue weighted by molar-refractivity contribution is 0.0742. The van der Waals surface area contributed by atoms with E-state index < -0.39 is 5.63 Å². The number of carbonyl (C=O) groups is 1. The lowest BCUT2D eigenvalue weighted by atomic mass is 10.1. The zero-order chi connectivity index (χ0) is 22.8. The standard InChI is InChI=1S/C24H22N6O3/c1-16-6-7-20(25-15-16)26-21-8-9-22(28-27-21)29-10-12-30(13-11-29)23(31)18-14-17-4-2-3-5-19(17)33-24(18)32/h2-9,14-15H,10-13H2,1H3,(H,25,26,27). The average molecular weight is 442 g/mol. The Morgan fingerprint density at radius 3 is 2.48 bits per heavy atom. The van der Waals surface area contributed by atoms with Crippen LogP contribution < -0.4 is 15.8 Å². The van der Waals surface area contributed by atoms with Crippen molar-refractivity contribution in [2.75, 3.05) is 36.4 Å². The van der Waals surface area contributed by atoms with Crippen molar-refractivity contribution in [3.63, 3.8) is 0 Å². The van der Waals surface area contributed by atoms with Gasteiger partial charge in [-0.3, -0.25) is 4.79 Å². The van der Waals surface area contributed by atoms with Crippen molar-refractivity contribution in [1.82, 2.24) is 20.1 Å². The zero-order valence-electron chi connectivity index (χ0n) is 18.1. The molecule has 0 radical (unpaired) electrons. The molecule has 9 nitrogen and oxygen atoms in total. The van der Waals surface area contributed by atoms with Gasteiger partial charge in [0.25, 0.3) is 5.91 Å². The molecule has 5 rings (SSSR count). The van der Waals surface area contributed by atoms with Gasteiger partial charge in [-0.1, -0.05) is 24.3 Å². The molecule has 1 aliphatic heterocycles. The number of aryl methyl sites for hydroxylation is 1. The number of nitrogens with one attached hydrogen (secondary N) is 1. The van der Waals surface area contributed by atoms with E-state index in [1.54, 1.807) is 29.3 Å². The molecular formula is C24H22N6O3. The largest absolute Gasteiger partial charge is 0.422 e. The number of benzene rings is 1. The third-order valence-electron chi connectivity index (χ3n) is 5.58. The summed E-state index contributed by atoms with van der Waals surface area (Å²) in [6.45, 7) is 4.10. The van der Waals surface area contributed by atoms with Crippen molar-refractivity contribution in [2.45, 2.75) is 6.92 Å². The molecular weight excluding hydrogens is 420 g/mol. The van der Waals surface area contributed by atoms with E-state index in [0.717, 1.165) is 16.8 Å². The minimum atomic E-state index is -0.613. The van der Waals surface area contributed by atoms with E-state index in [1.807, 2.05) is 43.3 Å². The Balaban J connectivity index is 1.23. The fraction of sp³-hybridized carbons (Fsp3) is 0.208. The van der Waals surface area contributed by atoms with E-state index in [1.165, 1.54) is 0 Å². The Morgan fingerprint density at radius 2 is 1.76 bits per heavy atom. The molecule has 0 bridgehead atoms. The molecule has 1 amide bonds. The summed E-state index contributed by atoms with van der Waals surface area (Å²) < 4.78 is 5.31. The second-order valence-electron chi connectivity index (χ2n) is 7.89. The number of rotatable bonds is 4. The topological polar surface area (TPSA) is 104 Å². The van der Waals surface area contributed by atoms with E-state index >= 15 is 0 Å². The quantitative estimate of drug-likeness (QED) is 0.481. The highest BCUT2D eigenvalue weighted by Gasteiger charge is 2.25. The summed E-state index contributed by atoms with van der Waals surface area (Å²) in [6, 6.07) is 16.4. The zero-order valence-corrected chi connectivity index (χ0v) is 18.1. The first kappa shape index (κ1) is 20.6. The molecule has 3 aromatic heterocycles. The summed E-state index contributed by atoms with van der Waals surface area (Å²) in [6.07, 6.45) is 1.78. The van der Waals surface area contributed by atoms with Crippen molar-refractivity contribution in [3.8, 4) is 0 Å². The van der Waals surface area contributed by atoms with Crippen LogP contribution in [0.2, 0.25) is 0 Å². The summed E-state index contributed by atoms with van der Waals surface area (Å²) in [7, 11) is 0. The van der Waals surface area contributed by atoms with Gasteiger partial charge in [0.1, 0.15) is 17.0 Å². The molecule has 0 atom stereocenters. The van der Waals surface area contributed by atoms with Crippen LogP contribution >= 0.6 is 0 Å². The van der Waals surface area contributed by atoms with Crippen molar-refractivity contribution in [1.29, 1.82) is 0 Å². The van der Waals surface area contributed by atoms with Crippen LogP contribution in [0.25, 0.3) is 11.0 Å². The second-order valence-corrected chi connectivity index (χ2v) is 7.89. The monoisotopic (exact) mass is 442 g/mol. The molecule has 166 valence electrons. The van der Waals surface area contributed by atoms with Gasteiger partial charge in [-0.25, -0.2) is 9.78 Å². The first-order valence-electron chi connectivity index (χ1n) is 10.7. The highest BCUT2D eigenvalue weighted by atomic mass is 16.4. The fourth-order valence-corrected chi connectivity index (χ4v) is 3.75. The molecule has 4 heterocycles. The molecule has 0 aliphatic carbocycles. The fourth-order valence-electron chi connectivity index (χ4n) is 3.75. The molecule has 1 N–H and O–H groups in total. The van der Waals surface area contributed by atoms with Gasteiger partial charge in [0.15, 0.2) is 11.6 Å². The smallest absolute Gasteiger partial charge is 0.349 e. The van der Waals surface area contributed by atoms with Crippen LogP contribution in [-0.4, -0.2) is 52.2 Å². The predicted molar refractivity (Wildman–Crippen MR) is 125 cm³/mol. The van der Waals surface area contributed by atoms with Gasteiger partial charge >= 0.3 is 5.63 Å². The SMILES string of the molecule is Cc1ccc(Nc2ccc(N3CCN(C(=O)c4cc5ccccc5oc4=O)CC3)nn2)nc1. The summed E-state index contributed by atoms with van der Waals surface area (Å²) in [5, 5.41) is 12.4. The first-order chi connectivity index (χ1) is 16.1. The van der Waals surface area contributed by atoms with Crippen LogP contribution in [0.15, 0.2) is 70.0 Å². The van der Waals surface area contributed by atoms with Crippen molar-refractivity contribution < 1.29 is 9.21 Å². The second kappa shape index (κ2) is 8.70. The molecule has 33 heavy (non-hydrogen) atoms. The average Bonchev–Trinajstić information content (AvgIpc) is 2.85. The normalized spacial score (nSPS) is 13.8. The van der Waals surface area contributed by atoms with E-state index in [4.69, 9.17) is 4.42 Å². The minimum absolute atomic E-state index is 0.0575. The number of hydrogen-bond acceptors (Lipinski definition) is 8. The molecule has 1 aliphatic rings. The van der Waals surface area contributed by atoms with Crippen molar-refractivity contribution in [2.24, 2.45) is 0 Å². The van der Waals surface area contributed by atoms with E-state index in [-0.39, 0.29) is 11.5 Å². The molecule has 4 aromatic rings. The summed E-state index contributed by atoms with van der Waals surface area (Å²) in [5.41, 5.74) is 1.000. The molecule has 0 spiro atoms.